The first-order valence-corrected chi connectivity index (χ1v) is 7.11. The van der Waals surface area contributed by atoms with Gasteiger partial charge in [0.25, 0.3) is 0 Å². The molecule has 2 N–H and O–H groups in total. The zero-order chi connectivity index (χ0) is 15.9. The van der Waals surface area contributed by atoms with E-state index in [2.05, 4.69) is 14.5 Å². The summed E-state index contributed by atoms with van der Waals surface area (Å²) in [6.07, 6.45) is 1.69. The maximum atomic E-state index is 11.8. The van der Waals surface area contributed by atoms with Gasteiger partial charge in [0.15, 0.2) is 5.13 Å². The fourth-order valence-corrected chi connectivity index (χ4v) is 1.56. The van der Waals surface area contributed by atoms with Crippen LogP contribution in [-0.4, -0.2) is 33.2 Å². The number of hydrogen-bond acceptors (Lipinski definition) is 9. The Morgan fingerprint density at radius 3 is 2.81 bits per heavy atom. The first kappa shape index (κ1) is 16.8. The van der Waals surface area contributed by atoms with E-state index in [1.807, 2.05) is 6.92 Å². The van der Waals surface area contributed by atoms with Crippen molar-refractivity contribution in [3.8, 4) is 6.07 Å². The number of esters is 1. The van der Waals surface area contributed by atoms with Crippen molar-refractivity contribution in [2.45, 2.75) is 39.2 Å². The van der Waals surface area contributed by atoms with Crippen LogP contribution >= 0.6 is 11.5 Å². The van der Waals surface area contributed by atoms with Crippen molar-refractivity contribution in [1.82, 2.24) is 9.36 Å². The van der Waals surface area contributed by atoms with Crippen LogP contribution in [0, 0.1) is 11.3 Å². The summed E-state index contributed by atoms with van der Waals surface area (Å²) in [6.45, 7) is 5.32. The van der Waals surface area contributed by atoms with Crippen LogP contribution in [0.15, 0.2) is 5.16 Å². The average Bonchev–Trinajstić information content (AvgIpc) is 2.86. The predicted molar refractivity (Wildman–Crippen MR) is 77.5 cm³/mol. The van der Waals surface area contributed by atoms with Crippen molar-refractivity contribution in [3.05, 3.63) is 5.82 Å². The first-order valence-electron chi connectivity index (χ1n) is 6.33. The molecule has 0 fully saturated rings. The minimum absolute atomic E-state index is 0.0650. The molecule has 0 aliphatic rings. The monoisotopic (exact) mass is 311 g/mol. The summed E-state index contributed by atoms with van der Waals surface area (Å²) in [5.74, 6) is -0.488. The summed E-state index contributed by atoms with van der Waals surface area (Å²) in [7, 11) is 0. The van der Waals surface area contributed by atoms with Crippen LogP contribution in [0.4, 0.5) is 5.13 Å². The van der Waals surface area contributed by atoms with E-state index in [-0.39, 0.29) is 16.7 Å². The SMILES string of the molecule is CCCCOC(=O)C(C)(C)ON=C(C#N)c1nsc(N)n1. The van der Waals surface area contributed by atoms with Gasteiger partial charge in [-0.3, -0.25) is 0 Å². The fourth-order valence-electron chi connectivity index (χ4n) is 1.12. The Balaban J connectivity index is 2.71. The van der Waals surface area contributed by atoms with Crippen LogP contribution < -0.4 is 5.73 Å². The molecule has 0 radical (unpaired) electrons. The quantitative estimate of drug-likeness (QED) is 0.350. The predicted octanol–water partition coefficient (Wildman–Crippen LogP) is 1.49. The molecule has 0 atom stereocenters. The zero-order valence-electron chi connectivity index (χ0n) is 12.1. The number of nitriles is 1. The van der Waals surface area contributed by atoms with E-state index in [1.54, 1.807) is 6.07 Å². The average molecular weight is 311 g/mol. The van der Waals surface area contributed by atoms with Gasteiger partial charge in [-0.1, -0.05) is 18.5 Å². The molecule has 0 aromatic carbocycles. The lowest BCUT2D eigenvalue weighted by Crippen LogP contribution is -2.35. The number of rotatable bonds is 7. The lowest BCUT2D eigenvalue weighted by atomic mass is 10.1. The molecule has 1 aromatic rings. The molecule has 9 heteroatoms. The van der Waals surface area contributed by atoms with Crippen molar-refractivity contribution in [1.29, 1.82) is 5.26 Å². The van der Waals surface area contributed by atoms with Crippen LogP contribution in [0.3, 0.4) is 0 Å². The number of oxime groups is 1. The van der Waals surface area contributed by atoms with Crippen molar-refractivity contribution >= 4 is 28.3 Å². The second kappa shape index (κ2) is 7.54. The van der Waals surface area contributed by atoms with Crippen LogP contribution in [0.5, 0.6) is 0 Å². The maximum Gasteiger partial charge on any atom is 0.352 e. The van der Waals surface area contributed by atoms with Crippen LogP contribution in [0.25, 0.3) is 0 Å². The number of aromatic nitrogens is 2. The number of hydrogen-bond donors (Lipinski definition) is 1. The number of nitrogens with zero attached hydrogens (tertiary/aromatic N) is 4. The lowest BCUT2D eigenvalue weighted by molar-refractivity contribution is -0.168. The topological polar surface area (TPSA) is 123 Å². The third-order valence-electron chi connectivity index (χ3n) is 2.35. The zero-order valence-corrected chi connectivity index (χ0v) is 12.9. The Kier molecular flexibility index (Phi) is 6.05. The summed E-state index contributed by atoms with van der Waals surface area (Å²) < 4.78 is 8.91. The Labute approximate surface area is 126 Å². The van der Waals surface area contributed by atoms with Gasteiger partial charge in [0, 0.05) is 11.5 Å². The van der Waals surface area contributed by atoms with E-state index in [9.17, 15) is 4.79 Å². The number of carbonyl (C=O) groups is 1. The Hall–Kier alpha value is -2.21. The summed E-state index contributed by atoms with van der Waals surface area (Å²) in [5.41, 5.74) is 3.97. The van der Waals surface area contributed by atoms with Gasteiger partial charge in [0.05, 0.1) is 6.61 Å². The Morgan fingerprint density at radius 2 is 2.29 bits per heavy atom. The number of unbranched alkanes of at least 4 members (excludes halogenated alkanes) is 1. The highest BCUT2D eigenvalue weighted by Crippen LogP contribution is 2.14. The van der Waals surface area contributed by atoms with Crippen LogP contribution in [0.2, 0.25) is 0 Å². The van der Waals surface area contributed by atoms with Gasteiger partial charge < -0.3 is 15.3 Å². The highest BCUT2D eigenvalue weighted by molar-refractivity contribution is 7.09. The second-order valence-electron chi connectivity index (χ2n) is 4.60. The number of ether oxygens (including phenoxy) is 1. The van der Waals surface area contributed by atoms with E-state index in [4.69, 9.17) is 20.6 Å². The number of anilines is 1. The number of carbonyl (C=O) groups excluding carboxylic acids is 1. The van der Waals surface area contributed by atoms with Crippen LogP contribution in [0.1, 0.15) is 39.4 Å². The first-order chi connectivity index (χ1) is 9.90. The molecule has 0 bridgehead atoms. The molecule has 8 nitrogen and oxygen atoms in total. The normalized spacial score (nSPS) is 11.8. The van der Waals surface area contributed by atoms with Crippen molar-refractivity contribution < 1.29 is 14.4 Å². The molecule has 1 rings (SSSR count). The molecule has 0 saturated carbocycles. The van der Waals surface area contributed by atoms with E-state index in [0.29, 0.717) is 6.61 Å². The summed E-state index contributed by atoms with van der Waals surface area (Å²) in [5, 5.41) is 12.8. The minimum atomic E-state index is -1.31. The Bertz CT molecular complexity index is 561. The molecule has 1 heterocycles. The van der Waals surface area contributed by atoms with Crippen molar-refractivity contribution in [3.63, 3.8) is 0 Å². The molecular formula is C12H17N5O3S. The van der Waals surface area contributed by atoms with Crippen LogP contribution in [-0.2, 0) is 14.4 Å². The summed E-state index contributed by atoms with van der Waals surface area (Å²) in [6, 6.07) is 1.79. The Morgan fingerprint density at radius 1 is 1.57 bits per heavy atom. The third-order valence-corrected chi connectivity index (χ3v) is 2.89. The largest absolute Gasteiger partial charge is 0.463 e. The summed E-state index contributed by atoms with van der Waals surface area (Å²) >= 11 is 0.939. The van der Waals surface area contributed by atoms with Crippen molar-refractivity contribution in [2.75, 3.05) is 12.3 Å². The van der Waals surface area contributed by atoms with Crippen molar-refractivity contribution in [2.24, 2.45) is 5.16 Å². The van der Waals surface area contributed by atoms with Gasteiger partial charge in [-0.2, -0.15) is 14.6 Å². The smallest absolute Gasteiger partial charge is 0.352 e. The minimum Gasteiger partial charge on any atom is -0.463 e. The van der Waals surface area contributed by atoms with E-state index in [0.717, 1.165) is 24.4 Å². The van der Waals surface area contributed by atoms with Gasteiger partial charge in [-0.25, -0.2) is 4.79 Å². The van der Waals surface area contributed by atoms with E-state index < -0.39 is 11.6 Å². The highest BCUT2D eigenvalue weighted by atomic mass is 32.1. The molecule has 114 valence electrons. The molecule has 0 unspecified atom stereocenters. The molecule has 21 heavy (non-hydrogen) atoms. The van der Waals surface area contributed by atoms with Gasteiger partial charge >= 0.3 is 5.97 Å². The molecular weight excluding hydrogens is 294 g/mol. The lowest BCUT2D eigenvalue weighted by Gasteiger charge is -2.20. The third kappa shape index (κ3) is 5.00. The molecule has 0 aliphatic carbocycles. The second-order valence-corrected chi connectivity index (χ2v) is 5.38. The fraction of sp³-hybridized carbons (Fsp3) is 0.583. The molecule has 0 spiro atoms. The number of nitrogens with two attached hydrogens (primary N) is 1. The molecule has 0 saturated heterocycles. The molecule has 0 amide bonds. The van der Waals surface area contributed by atoms with E-state index >= 15 is 0 Å². The van der Waals surface area contributed by atoms with E-state index in [1.165, 1.54) is 13.8 Å². The maximum absolute atomic E-state index is 11.8. The van der Waals surface area contributed by atoms with Gasteiger partial charge in [-0.05, 0) is 20.3 Å². The summed E-state index contributed by atoms with van der Waals surface area (Å²) in [4.78, 5) is 20.8. The van der Waals surface area contributed by atoms with Gasteiger partial charge in [-0.15, -0.1) is 0 Å². The number of nitrogen functional groups attached to an aromatic ring is 1. The molecule has 1 aromatic heterocycles. The van der Waals surface area contributed by atoms with Gasteiger partial charge in [0.2, 0.25) is 17.1 Å². The molecule has 0 aliphatic heterocycles. The standard InChI is InChI=1S/C12H17N5O3S/c1-4-5-6-19-10(18)12(2,3)20-16-8(7-13)9-15-11(14)21-17-9/h4-6H2,1-3H3,(H2,14,15,17). The highest BCUT2D eigenvalue weighted by Gasteiger charge is 2.32. The van der Waals surface area contributed by atoms with Gasteiger partial charge in [0.1, 0.15) is 6.07 Å².